The second kappa shape index (κ2) is 9.37. The first-order valence-corrected chi connectivity index (χ1v) is 7.40. The predicted molar refractivity (Wildman–Crippen MR) is 84.5 cm³/mol. The van der Waals surface area contributed by atoms with Crippen LogP contribution in [0.15, 0.2) is 24.3 Å². The van der Waals surface area contributed by atoms with Crippen LogP contribution >= 0.6 is 0 Å². The van der Waals surface area contributed by atoms with Gasteiger partial charge in [0, 0.05) is 18.8 Å². The van der Waals surface area contributed by atoms with Crippen molar-refractivity contribution in [2.45, 2.75) is 33.3 Å². The Bertz CT molecular complexity index is 435. The molecule has 0 aliphatic rings. The molecule has 0 aliphatic carbocycles. The van der Waals surface area contributed by atoms with Crippen LogP contribution in [-0.4, -0.2) is 37.0 Å². The van der Waals surface area contributed by atoms with E-state index in [4.69, 9.17) is 4.74 Å². The second-order valence-corrected chi connectivity index (χ2v) is 5.47. The van der Waals surface area contributed by atoms with E-state index in [-0.39, 0.29) is 19.2 Å². The highest BCUT2D eigenvalue weighted by atomic mass is 16.5. The number of nitrogens with one attached hydrogen (secondary N) is 2. The molecular weight excluding hydrogens is 268 g/mol. The molecule has 1 atom stereocenters. The molecule has 0 bridgehead atoms. The summed E-state index contributed by atoms with van der Waals surface area (Å²) in [7, 11) is 0. The zero-order valence-corrected chi connectivity index (χ0v) is 13.1. The van der Waals surface area contributed by atoms with Gasteiger partial charge >= 0.3 is 6.03 Å². The summed E-state index contributed by atoms with van der Waals surface area (Å²) in [6.45, 7) is 7.14. The average molecular weight is 294 g/mol. The number of anilines is 1. The van der Waals surface area contributed by atoms with Gasteiger partial charge in [-0.15, -0.1) is 0 Å². The molecule has 2 amide bonds. The van der Waals surface area contributed by atoms with Crippen LogP contribution in [0.4, 0.5) is 10.5 Å². The van der Waals surface area contributed by atoms with Crippen LogP contribution in [0.1, 0.15) is 26.3 Å². The summed E-state index contributed by atoms with van der Waals surface area (Å²) in [6.07, 6.45) is 0.222. The Morgan fingerprint density at radius 2 is 2.10 bits per heavy atom. The zero-order valence-electron chi connectivity index (χ0n) is 13.1. The number of benzene rings is 1. The first-order chi connectivity index (χ1) is 10.0. The quantitative estimate of drug-likeness (QED) is 0.689. The third kappa shape index (κ3) is 7.68. The lowest BCUT2D eigenvalue weighted by Crippen LogP contribution is -2.37. The van der Waals surface area contributed by atoms with Crippen LogP contribution < -0.4 is 10.6 Å². The minimum absolute atomic E-state index is 0.164. The molecule has 21 heavy (non-hydrogen) atoms. The van der Waals surface area contributed by atoms with E-state index < -0.39 is 6.10 Å². The number of hydrogen-bond acceptors (Lipinski definition) is 3. The van der Waals surface area contributed by atoms with Crippen molar-refractivity contribution in [3.63, 3.8) is 0 Å². The minimum atomic E-state index is -0.698. The van der Waals surface area contributed by atoms with Crippen LogP contribution in [0.5, 0.6) is 0 Å². The van der Waals surface area contributed by atoms with Crippen LogP contribution in [-0.2, 0) is 11.2 Å². The van der Waals surface area contributed by atoms with Gasteiger partial charge in [-0.1, -0.05) is 32.9 Å². The Morgan fingerprint density at radius 1 is 1.33 bits per heavy atom. The Hall–Kier alpha value is -1.59. The Kier molecular flexibility index (Phi) is 7.79. The normalized spacial score (nSPS) is 12.2. The summed E-state index contributed by atoms with van der Waals surface area (Å²) < 4.78 is 5.32. The van der Waals surface area contributed by atoms with E-state index >= 15 is 0 Å². The number of aliphatic hydroxyl groups is 1. The number of ether oxygens (including phenoxy) is 1. The Balaban J connectivity index is 2.27. The monoisotopic (exact) mass is 294 g/mol. The van der Waals surface area contributed by atoms with Gasteiger partial charge in [0.15, 0.2) is 0 Å². The molecule has 1 unspecified atom stereocenters. The van der Waals surface area contributed by atoms with Crippen molar-refractivity contribution in [1.82, 2.24) is 5.32 Å². The van der Waals surface area contributed by atoms with E-state index in [9.17, 15) is 9.90 Å². The number of carbonyl (C=O) groups excluding carboxylic acids is 1. The number of carbonyl (C=O) groups is 1. The van der Waals surface area contributed by atoms with Gasteiger partial charge in [-0.3, -0.25) is 0 Å². The molecule has 1 aromatic carbocycles. The van der Waals surface area contributed by atoms with Gasteiger partial charge < -0.3 is 20.5 Å². The van der Waals surface area contributed by atoms with Crippen LogP contribution in [0.25, 0.3) is 0 Å². The minimum Gasteiger partial charge on any atom is -0.389 e. The maximum Gasteiger partial charge on any atom is 0.319 e. The topological polar surface area (TPSA) is 70.6 Å². The molecule has 0 saturated carbocycles. The Morgan fingerprint density at radius 3 is 2.76 bits per heavy atom. The van der Waals surface area contributed by atoms with Crippen LogP contribution in [0.2, 0.25) is 0 Å². The molecule has 0 fully saturated rings. The van der Waals surface area contributed by atoms with Crippen molar-refractivity contribution in [2.75, 3.05) is 25.1 Å². The van der Waals surface area contributed by atoms with Crippen molar-refractivity contribution in [3.8, 4) is 0 Å². The molecular formula is C16H26N2O3. The molecule has 0 saturated heterocycles. The zero-order chi connectivity index (χ0) is 15.7. The van der Waals surface area contributed by atoms with Crippen LogP contribution in [0.3, 0.4) is 0 Å². The number of amides is 2. The van der Waals surface area contributed by atoms with Crippen molar-refractivity contribution in [2.24, 2.45) is 5.92 Å². The lowest BCUT2D eigenvalue weighted by Gasteiger charge is -2.14. The second-order valence-electron chi connectivity index (χ2n) is 5.47. The number of aryl methyl sites for hydroxylation is 1. The van der Waals surface area contributed by atoms with E-state index in [1.54, 1.807) is 0 Å². The highest BCUT2D eigenvalue weighted by molar-refractivity contribution is 5.89. The van der Waals surface area contributed by atoms with Gasteiger partial charge in [-0.2, -0.15) is 0 Å². The van der Waals surface area contributed by atoms with Gasteiger partial charge in [0.25, 0.3) is 0 Å². The summed E-state index contributed by atoms with van der Waals surface area (Å²) in [5.41, 5.74) is 1.91. The number of hydrogen-bond donors (Lipinski definition) is 3. The SMILES string of the molecule is CCc1cccc(NC(=O)NCC(O)COCC(C)C)c1. The molecule has 0 aliphatic heterocycles. The summed E-state index contributed by atoms with van der Waals surface area (Å²) >= 11 is 0. The molecule has 118 valence electrons. The maximum atomic E-state index is 11.7. The van der Waals surface area contributed by atoms with E-state index in [1.165, 1.54) is 0 Å². The van der Waals surface area contributed by atoms with E-state index in [2.05, 4.69) is 17.6 Å². The van der Waals surface area contributed by atoms with Crippen molar-refractivity contribution in [3.05, 3.63) is 29.8 Å². The molecule has 3 N–H and O–H groups in total. The molecule has 0 heterocycles. The third-order valence-electron chi connectivity index (χ3n) is 2.85. The fourth-order valence-corrected chi connectivity index (χ4v) is 1.75. The smallest absolute Gasteiger partial charge is 0.319 e. The molecule has 5 heteroatoms. The lowest BCUT2D eigenvalue weighted by atomic mass is 10.1. The first-order valence-electron chi connectivity index (χ1n) is 7.40. The van der Waals surface area contributed by atoms with E-state index in [0.29, 0.717) is 12.5 Å². The summed E-state index contributed by atoms with van der Waals surface area (Å²) in [5, 5.41) is 15.1. The van der Waals surface area contributed by atoms with Crippen molar-refractivity contribution < 1.29 is 14.6 Å². The Labute approximate surface area is 126 Å². The number of urea groups is 1. The molecule has 1 rings (SSSR count). The molecule has 0 spiro atoms. The molecule has 0 aromatic heterocycles. The highest BCUT2D eigenvalue weighted by Crippen LogP contribution is 2.10. The van der Waals surface area contributed by atoms with Gasteiger partial charge in [-0.05, 0) is 30.0 Å². The average Bonchev–Trinajstić information content (AvgIpc) is 2.45. The maximum absolute atomic E-state index is 11.7. The summed E-state index contributed by atoms with van der Waals surface area (Å²) in [4.78, 5) is 11.7. The van der Waals surface area contributed by atoms with Crippen molar-refractivity contribution >= 4 is 11.7 Å². The molecule has 1 aromatic rings. The predicted octanol–water partition coefficient (Wildman–Crippen LogP) is 2.40. The summed E-state index contributed by atoms with van der Waals surface area (Å²) in [6, 6.07) is 7.36. The van der Waals surface area contributed by atoms with Crippen molar-refractivity contribution in [1.29, 1.82) is 0 Å². The molecule has 0 radical (unpaired) electrons. The van der Waals surface area contributed by atoms with Gasteiger partial charge in [0.2, 0.25) is 0 Å². The fourth-order valence-electron chi connectivity index (χ4n) is 1.75. The van der Waals surface area contributed by atoms with Gasteiger partial charge in [0.1, 0.15) is 0 Å². The van der Waals surface area contributed by atoms with E-state index in [1.807, 2.05) is 38.1 Å². The van der Waals surface area contributed by atoms with E-state index in [0.717, 1.165) is 17.7 Å². The van der Waals surface area contributed by atoms with Gasteiger partial charge in [0.05, 0.1) is 12.7 Å². The third-order valence-corrected chi connectivity index (χ3v) is 2.85. The van der Waals surface area contributed by atoms with Crippen LogP contribution in [0, 0.1) is 5.92 Å². The fraction of sp³-hybridized carbons (Fsp3) is 0.562. The lowest BCUT2D eigenvalue weighted by molar-refractivity contribution is 0.0274. The number of rotatable bonds is 8. The highest BCUT2D eigenvalue weighted by Gasteiger charge is 2.08. The first kappa shape index (κ1) is 17.5. The largest absolute Gasteiger partial charge is 0.389 e. The van der Waals surface area contributed by atoms with Gasteiger partial charge in [-0.25, -0.2) is 4.79 Å². The standard InChI is InChI=1S/C16H26N2O3/c1-4-13-6-5-7-14(8-13)18-16(20)17-9-15(19)11-21-10-12(2)3/h5-8,12,15,19H,4,9-11H2,1-3H3,(H2,17,18,20). The molecule has 5 nitrogen and oxygen atoms in total. The summed E-state index contributed by atoms with van der Waals surface area (Å²) in [5.74, 6) is 0.430. The number of aliphatic hydroxyl groups excluding tert-OH is 1.